The molecule has 5 heteroatoms. The smallest absolute Gasteiger partial charge is 0.129 e. The highest BCUT2D eigenvalue weighted by Crippen LogP contribution is 2.21. The van der Waals surface area contributed by atoms with Crippen LogP contribution in [0.4, 0.5) is 4.39 Å². The maximum atomic E-state index is 13.4. The first-order valence-corrected chi connectivity index (χ1v) is 5.00. The molecule has 0 amide bonds. The van der Waals surface area contributed by atoms with E-state index in [0.717, 1.165) is 6.07 Å². The first kappa shape index (κ1) is 13.1. The van der Waals surface area contributed by atoms with Crippen LogP contribution < -0.4 is 5.32 Å². The van der Waals surface area contributed by atoms with E-state index >= 15 is 0 Å². The molecule has 0 bridgehead atoms. The number of likely N-dealkylation sites (N-methyl/N-ethyl adjacent to an activating group) is 1. The van der Waals surface area contributed by atoms with Gasteiger partial charge in [0.25, 0.3) is 0 Å². The summed E-state index contributed by atoms with van der Waals surface area (Å²) in [6, 6.07) is 3.94. The minimum Gasteiger partial charge on any atom is -0.392 e. The summed E-state index contributed by atoms with van der Waals surface area (Å²) in [7, 11) is 1.62. The van der Waals surface area contributed by atoms with Crippen LogP contribution >= 0.6 is 0 Å². The van der Waals surface area contributed by atoms with Crippen LogP contribution in [0.2, 0.25) is 0 Å². The zero-order valence-corrected chi connectivity index (χ0v) is 9.02. The van der Waals surface area contributed by atoms with Crippen LogP contribution in [0.15, 0.2) is 18.2 Å². The molecule has 0 spiro atoms. The normalized spacial score (nSPS) is 14.8. The minimum absolute atomic E-state index is 0.00528. The van der Waals surface area contributed by atoms with Crippen LogP contribution in [0.5, 0.6) is 0 Å². The lowest BCUT2D eigenvalue weighted by Gasteiger charge is -2.18. The van der Waals surface area contributed by atoms with Crippen molar-refractivity contribution in [2.45, 2.75) is 18.8 Å². The predicted octanol–water partition coefficient (Wildman–Crippen LogP) is -0.0683. The van der Waals surface area contributed by atoms with E-state index < -0.39 is 18.0 Å². The van der Waals surface area contributed by atoms with E-state index in [2.05, 4.69) is 5.32 Å². The quantitative estimate of drug-likeness (QED) is 0.570. The van der Waals surface area contributed by atoms with E-state index in [1.54, 1.807) is 7.05 Å². The van der Waals surface area contributed by atoms with Gasteiger partial charge >= 0.3 is 0 Å². The van der Waals surface area contributed by atoms with Gasteiger partial charge in [-0.3, -0.25) is 0 Å². The first-order valence-electron chi connectivity index (χ1n) is 5.00. The van der Waals surface area contributed by atoms with Crippen molar-refractivity contribution in [3.8, 4) is 0 Å². The number of rotatable bonds is 5. The molecule has 90 valence electrons. The molecular formula is C11H16FNO3. The molecule has 0 aliphatic heterocycles. The Bertz CT molecular complexity index is 346. The Morgan fingerprint density at radius 1 is 1.38 bits per heavy atom. The zero-order chi connectivity index (χ0) is 12.1. The molecule has 4 nitrogen and oxygen atoms in total. The third-order valence-corrected chi connectivity index (χ3v) is 2.34. The number of hydrogen-bond donors (Lipinski definition) is 4. The van der Waals surface area contributed by atoms with E-state index in [9.17, 15) is 14.6 Å². The SMILES string of the molecule is CNCC(O)C(O)c1cc(CO)ccc1F. The maximum absolute atomic E-state index is 13.4. The second-order valence-electron chi connectivity index (χ2n) is 3.58. The molecule has 0 radical (unpaired) electrons. The van der Waals surface area contributed by atoms with Gasteiger partial charge in [-0.05, 0) is 24.7 Å². The second-order valence-corrected chi connectivity index (χ2v) is 3.58. The summed E-state index contributed by atoms with van der Waals surface area (Å²) in [6.07, 6.45) is -2.40. The topological polar surface area (TPSA) is 72.7 Å². The highest BCUT2D eigenvalue weighted by atomic mass is 19.1. The Hall–Kier alpha value is -1.01. The third-order valence-electron chi connectivity index (χ3n) is 2.34. The lowest BCUT2D eigenvalue weighted by Crippen LogP contribution is -2.30. The monoisotopic (exact) mass is 229 g/mol. The second kappa shape index (κ2) is 5.91. The van der Waals surface area contributed by atoms with Crippen molar-refractivity contribution in [1.29, 1.82) is 0 Å². The van der Waals surface area contributed by atoms with E-state index in [-0.39, 0.29) is 18.7 Å². The van der Waals surface area contributed by atoms with Crippen LogP contribution in [0, 0.1) is 5.82 Å². The largest absolute Gasteiger partial charge is 0.392 e. The Morgan fingerprint density at radius 3 is 2.62 bits per heavy atom. The van der Waals surface area contributed by atoms with Crippen LogP contribution in [-0.2, 0) is 6.61 Å². The molecule has 0 aliphatic rings. The summed E-state index contributed by atoms with van der Waals surface area (Å²) in [5.74, 6) is -0.597. The van der Waals surface area contributed by atoms with Gasteiger partial charge in [0, 0.05) is 12.1 Å². The Morgan fingerprint density at radius 2 is 2.06 bits per heavy atom. The summed E-state index contributed by atoms with van der Waals surface area (Å²) >= 11 is 0. The standard InChI is InChI=1S/C11H16FNO3/c1-13-5-10(15)11(16)8-4-7(6-14)2-3-9(8)12/h2-4,10-11,13-16H,5-6H2,1H3. The molecular weight excluding hydrogens is 213 g/mol. The average molecular weight is 229 g/mol. The van der Waals surface area contributed by atoms with Crippen molar-refractivity contribution >= 4 is 0 Å². The van der Waals surface area contributed by atoms with Crippen molar-refractivity contribution in [2.75, 3.05) is 13.6 Å². The maximum Gasteiger partial charge on any atom is 0.129 e. The number of aliphatic hydroxyl groups excluding tert-OH is 3. The zero-order valence-electron chi connectivity index (χ0n) is 9.02. The van der Waals surface area contributed by atoms with Crippen molar-refractivity contribution in [2.24, 2.45) is 0 Å². The van der Waals surface area contributed by atoms with Crippen LogP contribution in [0.3, 0.4) is 0 Å². The predicted molar refractivity (Wildman–Crippen MR) is 57.2 cm³/mol. The van der Waals surface area contributed by atoms with E-state index in [0.29, 0.717) is 5.56 Å². The molecule has 0 aliphatic carbocycles. The summed E-state index contributed by atoms with van der Waals surface area (Å²) in [5, 5.41) is 30.8. The van der Waals surface area contributed by atoms with Gasteiger partial charge in [0.05, 0.1) is 12.7 Å². The summed E-state index contributed by atoms with van der Waals surface area (Å²) in [5.41, 5.74) is 0.487. The highest BCUT2D eigenvalue weighted by Gasteiger charge is 2.21. The van der Waals surface area contributed by atoms with Crippen LogP contribution in [-0.4, -0.2) is 35.0 Å². The number of benzene rings is 1. The minimum atomic E-state index is -1.31. The molecule has 0 heterocycles. The Kier molecular flexibility index (Phi) is 4.82. The summed E-state index contributed by atoms with van der Waals surface area (Å²) in [6.45, 7) is -0.0773. The van der Waals surface area contributed by atoms with Gasteiger partial charge in [-0.15, -0.1) is 0 Å². The van der Waals surface area contributed by atoms with E-state index in [4.69, 9.17) is 5.11 Å². The molecule has 0 aromatic heterocycles. The molecule has 16 heavy (non-hydrogen) atoms. The molecule has 4 N–H and O–H groups in total. The van der Waals surface area contributed by atoms with Crippen LogP contribution in [0.1, 0.15) is 17.2 Å². The summed E-state index contributed by atoms with van der Waals surface area (Å²) < 4.78 is 13.4. The molecule has 0 saturated carbocycles. The number of hydrogen-bond acceptors (Lipinski definition) is 4. The highest BCUT2D eigenvalue weighted by molar-refractivity contribution is 5.27. The number of halogens is 1. The van der Waals surface area contributed by atoms with Crippen molar-refractivity contribution in [1.82, 2.24) is 5.32 Å². The van der Waals surface area contributed by atoms with Gasteiger partial charge in [-0.1, -0.05) is 6.07 Å². The Balaban J connectivity index is 2.92. The van der Waals surface area contributed by atoms with Crippen molar-refractivity contribution in [3.63, 3.8) is 0 Å². The van der Waals surface area contributed by atoms with Gasteiger partial charge < -0.3 is 20.6 Å². The fourth-order valence-corrected chi connectivity index (χ4v) is 1.45. The van der Waals surface area contributed by atoms with Crippen molar-refractivity contribution in [3.05, 3.63) is 35.1 Å². The number of nitrogens with one attached hydrogen (secondary N) is 1. The molecule has 1 aromatic rings. The third kappa shape index (κ3) is 2.99. The van der Waals surface area contributed by atoms with Gasteiger partial charge in [-0.25, -0.2) is 4.39 Å². The van der Waals surface area contributed by atoms with E-state index in [1.165, 1.54) is 12.1 Å². The molecule has 2 unspecified atom stereocenters. The van der Waals surface area contributed by atoms with Crippen LogP contribution in [0.25, 0.3) is 0 Å². The van der Waals surface area contributed by atoms with Gasteiger partial charge in [-0.2, -0.15) is 0 Å². The molecule has 0 fully saturated rings. The lowest BCUT2D eigenvalue weighted by atomic mass is 10.0. The fourth-order valence-electron chi connectivity index (χ4n) is 1.45. The number of aliphatic hydroxyl groups is 3. The summed E-state index contributed by atoms with van der Waals surface area (Å²) in [4.78, 5) is 0. The first-order chi connectivity index (χ1) is 7.60. The lowest BCUT2D eigenvalue weighted by molar-refractivity contribution is 0.0180. The molecule has 1 rings (SSSR count). The Labute approximate surface area is 93.4 Å². The molecule has 2 atom stereocenters. The average Bonchev–Trinajstić information content (AvgIpc) is 2.29. The molecule has 1 aromatic carbocycles. The van der Waals surface area contributed by atoms with Gasteiger partial charge in [0.15, 0.2) is 0 Å². The van der Waals surface area contributed by atoms with Gasteiger partial charge in [0.1, 0.15) is 11.9 Å². The fraction of sp³-hybridized carbons (Fsp3) is 0.455. The van der Waals surface area contributed by atoms with Crippen molar-refractivity contribution < 1.29 is 19.7 Å². The van der Waals surface area contributed by atoms with E-state index in [1.807, 2.05) is 0 Å². The molecule has 0 saturated heterocycles. The van der Waals surface area contributed by atoms with Gasteiger partial charge in [0.2, 0.25) is 0 Å².